The standard InChI is InChI=1S/C17H14FIO3/c18-14-8-6-12(7-9-14)16(20)5-2-10-22-17(21)13-3-1-4-15(19)11-13/h1,3-4,6-9,11H,2,5,10H2. The molecule has 5 heteroatoms. The first-order valence-electron chi connectivity index (χ1n) is 6.78. The largest absolute Gasteiger partial charge is 0.462 e. The molecule has 2 aromatic carbocycles. The number of rotatable bonds is 6. The highest BCUT2D eigenvalue weighted by Gasteiger charge is 2.09. The van der Waals surface area contributed by atoms with Crippen LogP contribution in [0.3, 0.4) is 0 Å². The first-order chi connectivity index (χ1) is 10.6. The zero-order chi connectivity index (χ0) is 15.9. The summed E-state index contributed by atoms with van der Waals surface area (Å²) in [5.74, 6) is -0.860. The van der Waals surface area contributed by atoms with E-state index in [0.717, 1.165) is 3.57 Å². The van der Waals surface area contributed by atoms with Crippen molar-refractivity contribution in [3.63, 3.8) is 0 Å². The van der Waals surface area contributed by atoms with Crippen molar-refractivity contribution >= 4 is 34.3 Å². The van der Waals surface area contributed by atoms with E-state index in [4.69, 9.17) is 4.74 Å². The molecule has 0 unspecified atom stereocenters. The highest BCUT2D eigenvalue weighted by molar-refractivity contribution is 14.1. The van der Waals surface area contributed by atoms with Gasteiger partial charge in [0.15, 0.2) is 5.78 Å². The molecule has 0 fully saturated rings. The molecule has 22 heavy (non-hydrogen) atoms. The monoisotopic (exact) mass is 412 g/mol. The molecule has 2 aromatic rings. The summed E-state index contributed by atoms with van der Waals surface area (Å²) in [7, 11) is 0. The maximum Gasteiger partial charge on any atom is 0.338 e. The summed E-state index contributed by atoms with van der Waals surface area (Å²) in [4.78, 5) is 23.6. The Morgan fingerprint density at radius 3 is 2.45 bits per heavy atom. The van der Waals surface area contributed by atoms with Gasteiger partial charge in [-0.3, -0.25) is 4.79 Å². The molecule has 2 rings (SSSR count). The minimum absolute atomic E-state index is 0.0923. The highest BCUT2D eigenvalue weighted by Crippen LogP contribution is 2.10. The third kappa shape index (κ3) is 4.91. The van der Waals surface area contributed by atoms with E-state index in [9.17, 15) is 14.0 Å². The minimum Gasteiger partial charge on any atom is -0.462 e. The van der Waals surface area contributed by atoms with Gasteiger partial charge in [-0.05, 0) is 71.5 Å². The fraction of sp³-hybridized carbons (Fsp3) is 0.176. The number of carbonyl (C=O) groups is 2. The number of esters is 1. The molecule has 0 saturated heterocycles. The number of Topliss-reactive ketones (excluding diaryl/α,β-unsaturated/α-hetero) is 1. The fourth-order valence-electron chi connectivity index (χ4n) is 1.88. The van der Waals surface area contributed by atoms with Crippen LogP contribution < -0.4 is 0 Å². The molecular weight excluding hydrogens is 398 g/mol. The Morgan fingerprint density at radius 2 is 1.77 bits per heavy atom. The van der Waals surface area contributed by atoms with Gasteiger partial charge in [0.1, 0.15) is 5.82 Å². The minimum atomic E-state index is -0.396. The molecule has 0 saturated carbocycles. The van der Waals surface area contributed by atoms with Crippen molar-refractivity contribution in [3.05, 3.63) is 69.0 Å². The summed E-state index contributed by atoms with van der Waals surface area (Å²) < 4.78 is 18.9. The van der Waals surface area contributed by atoms with Crippen molar-refractivity contribution in [1.82, 2.24) is 0 Å². The van der Waals surface area contributed by atoms with Gasteiger partial charge in [-0.25, -0.2) is 9.18 Å². The van der Waals surface area contributed by atoms with Crippen LogP contribution in [0.15, 0.2) is 48.5 Å². The van der Waals surface area contributed by atoms with Gasteiger partial charge in [0.25, 0.3) is 0 Å². The lowest BCUT2D eigenvalue weighted by Crippen LogP contribution is -2.08. The SMILES string of the molecule is O=C(CCCOC(=O)c1cccc(I)c1)c1ccc(F)cc1. The lowest BCUT2D eigenvalue weighted by molar-refractivity contribution is 0.0494. The van der Waals surface area contributed by atoms with Crippen LogP contribution >= 0.6 is 22.6 Å². The van der Waals surface area contributed by atoms with Gasteiger partial charge in [0, 0.05) is 15.6 Å². The van der Waals surface area contributed by atoms with Crippen LogP contribution in [0.4, 0.5) is 4.39 Å². The zero-order valence-electron chi connectivity index (χ0n) is 11.7. The molecule has 0 radical (unpaired) electrons. The lowest BCUT2D eigenvalue weighted by Gasteiger charge is -2.05. The number of benzene rings is 2. The van der Waals surface area contributed by atoms with Crippen molar-refractivity contribution < 1.29 is 18.7 Å². The van der Waals surface area contributed by atoms with Gasteiger partial charge in [0.2, 0.25) is 0 Å². The smallest absolute Gasteiger partial charge is 0.338 e. The Balaban J connectivity index is 1.76. The lowest BCUT2D eigenvalue weighted by atomic mass is 10.1. The first kappa shape index (κ1) is 16.6. The van der Waals surface area contributed by atoms with E-state index in [1.165, 1.54) is 24.3 Å². The third-order valence-electron chi connectivity index (χ3n) is 3.01. The van der Waals surface area contributed by atoms with Gasteiger partial charge >= 0.3 is 5.97 Å². The number of hydrogen-bond donors (Lipinski definition) is 0. The molecule has 3 nitrogen and oxygen atoms in total. The molecule has 0 aliphatic heterocycles. The quantitative estimate of drug-likeness (QED) is 0.309. The molecule has 0 heterocycles. The second-order valence-electron chi connectivity index (χ2n) is 4.68. The van der Waals surface area contributed by atoms with Gasteiger partial charge < -0.3 is 4.74 Å². The molecule has 0 spiro atoms. The number of carbonyl (C=O) groups excluding carboxylic acids is 2. The normalized spacial score (nSPS) is 10.3. The molecule has 0 amide bonds. The summed E-state index contributed by atoms with van der Waals surface area (Å²) in [6.45, 7) is 0.178. The number of halogens is 2. The van der Waals surface area contributed by atoms with E-state index < -0.39 is 5.97 Å². The second kappa shape index (κ2) is 8.03. The molecule has 0 bridgehead atoms. The Kier molecular flexibility index (Phi) is 6.06. The Labute approximate surface area is 141 Å². The van der Waals surface area contributed by atoms with Crippen molar-refractivity contribution in [3.8, 4) is 0 Å². The topological polar surface area (TPSA) is 43.4 Å². The van der Waals surface area contributed by atoms with E-state index in [-0.39, 0.29) is 24.6 Å². The predicted molar refractivity (Wildman–Crippen MR) is 89.4 cm³/mol. The molecule has 0 aliphatic rings. The van der Waals surface area contributed by atoms with E-state index in [1.54, 1.807) is 18.2 Å². The summed E-state index contributed by atoms with van der Waals surface area (Å²) in [5, 5.41) is 0. The Hall–Kier alpha value is -1.76. The van der Waals surface area contributed by atoms with Gasteiger partial charge in [-0.2, -0.15) is 0 Å². The Bertz CT molecular complexity index is 668. The molecule has 0 aromatic heterocycles. The third-order valence-corrected chi connectivity index (χ3v) is 3.68. The summed E-state index contributed by atoms with van der Waals surface area (Å²) in [5.41, 5.74) is 0.960. The van der Waals surface area contributed by atoms with E-state index in [1.807, 2.05) is 6.07 Å². The van der Waals surface area contributed by atoms with Crippen LogP contribution in [0.2, 0.25) is 0 Å². The number of ether oxygens (including phenoxy) is 1. The number of hydrogen-bond acceptors (Lipinski definition) is 3. The van der Waals surface area contributed by atoms with Gasteiger partial charge in [0.05, 0.1) is 12.2 Å². The summed E-state index contributed by atoms with van der Waals surface area (Å²) >= 11 is 2.12. The molecule has 114 valence electrons. The molecule has 0 atom stereocenters. The van der Waals surface area contributed by atoms with Crippen molar-refractivity contribution in [2.75, 3.05) is 6.61 Å². The molecule has 0 N–H and O–H groups in total. The Morgan fingerprint density at radius 1 is 1.05 bits per heavy atom. The van der Waals surface area contributed by atoms with E-state index in [2.05, 4.69) is 22.6 Å². The van der Waals surface area contributed by atoms with E-state index in [0.29, 0.717) is 17.5 Å². The van der Waals surface area contributed by atoms with Crippen LogP contribution in [-0.2, 0) is 4.74 Å². The van der Waals surface area contributed by atoms with Crippen LogP contribution in [-0.4, -0.2) is 18.4 Å². The molecular formula is C17H14FIO3. The zero-order valence-corrected chi connectivity index (χ0v) is 13.9. The predicted octanol–water partition coefficient (Wildman–Crippen LogP) is 4.25. The average molecular weight is 412 g/mol. The van der Waals surface area contributed by atoms with Gasteiger partial charge in [-0.15, -0.1) is 0 Å². The first-order valence-corrected chi connectivity index (χ1v) is 7.85. The van der Waals surface area contributed by atoms with Crippen LogP contribution in [0.25, 0.3) is 0 Å². The van der Waals surface area contributed by atoms with Gasteiger partial charge in [-0.1, -0.05) is 6.07 Å². The maximum absolute atomic E-state index is 12.8. The molecule has 0 aliphatic carbocycles. The fourth-order valence-corrected chi connectivity index (χ4v) is 2.42. The number of ketones is 1. The summed E-state index contributed by atoms with van der Waals surface area (Å²) in [6, 6.07) is 12.5. The average Bonchev–Trinajstić information content (AvgIpc) is 2.51. The van der Waals surface area contributed by atoms with E-state index >= 15 is 0 Å². The van der Waals surface area contributed by atoms with Crippen molar-refractivity contribution in [2.45, 2.75) is 12.8 Å². The van der Waals surface area contributed by atoms with Crippen molar-refractivity contribution in [1.29, 1.82) is 0 Å². The maximum atomic E-state index is 12.8. The van der Waals surface area contributed by atoms with Crippen LogP contribution in [0.1, 0.15) is 33.6 Å². The van der Waals surface area contributed by atoms with Crippen LogP contribution in [0.5, 0.6) is 0 Å². The summed E-state index contributed by atoms with van der Waals surface area (Å²) in [6.07, 6.45) is 0.692. The van der Waals surface area contributed by atoms with Crippen LogP contribution in [0, 0.1) is 9.39 Å². The highest BCUT2D eigenvalue weighted by atomic mass is 127. The van der Waals surface area contributed by atoms with Crippen molar-refractivity contribution in [2.24, 2.45) is 0 Å². The second-order valence-corrected chi connectivity index (χ2v) is 5.93.